The Morgan fingerprint density at radius 3 is 2.23 bits per heavy atom. The van der Waals surface area contributed by atoms with Crippen molar-refractivity contribution in [2.45, 2.75) is 23.8 Å². The number of rotatable bonds is 5. The Kier molecular flexibility index (Phi) is 5.19. The third-order valence-corrected chi connectivity index (χ3v) is 5.25. The number of carbonyl (C=O) groups is 1. The van der Waals surface area contributed by atoms with E-state index in [0.717, 1.165) is 24.6 Å². The molecule has 1 saturated heterocycles. The van der Waals surface area contributed by atoms with Gasteiger partial charge in [0.1, 0.15) is 17.7 Å². The third-order valence-electron chi connectivity index (χ3n) is 3.81. The molecule has 26 heavy (non-hydrogen) atoms. The first-order chi connectivity index (χ1) is 12.4. The maximum Gasteiger partial charge on any atom is 0.267 e. The zero-order valence-electron chi connectivity index (χ0n) is 13.5. The van der Waals surface area contributed by atoms with Crippen molar-refractivity contribution in [3.8, 4) is 0 Å². The molecule has 0 spiro atoms. The number of anilines is 2. The second kappa shape index (κ2) is 7.38. The van der Waals surface area contributed by atoms with E-state index in [-0.39, 0.29) is 11.6 Å². The number of hydrogen-bond donors (Lipinski definition) is 2. The van der Waals surface area contributed by atoms with Gasteiger partial charge in [-0.1, -0.05) is 6.07 Å². The van der Waals surface area contributed by atoms with Crippen molar-refractivity contribution in [1.82, 2.24) is 0 Å². The molecule has 0 aliphatic carbocycles. The number of benzene rings is 2. The number of ether oxygens (including phenoxy) is 1. The van der Waals surface area contributed by atoms with Gasteiger partial charge in [0.05, 0.1) is 0 Å². The molecule has 138 valence electrons. The van der Waals surface area contributed by atoms with E-state index in [2.05, 4.69) is 10.0 Å². The standard InChI is InChI=1S/C17H16F2N2O4S/c18-13-3-1-4-14(19)16(13)26(23,24)21-12-8-6-11(7-9-12)20-17(22)15-5-2-10-25-15/h1,3-4,6-9,15,21H,2,5,10H2,(H,20,22). The molecular weight excluding hydrogens is 366 g/mol. The lowest BCUT2D eigenvalue weighted by molar-refractivity contribution is -0.124. The summed E-state index contributed by atoms with van der Waals surface area (Å²) in [6.07, 6.45) is 0.987. The summed E-state index contributed by atoms with van der Waals surface area (Å²) in [5.41, 5.74) is 0.549. The Bertz CT molecular complexity index is 891. The van der Waals surface area contributed by atoms with Crippen LogP contribution in [0.2, 0.25) is 0 Å². The van der Waals surface area contributed by atoms with Crippen molar-refractivity contribution in [2.24, 2.45) is 0 Å². The van der Waals surface area contributed by atoms with Gasteiger partial charge in [-0.05, 0) is 49.2 Å². The Hall–Kier alpha value is -2.52. The molecular formula is C17H16F2N2O4S. The van der Waals surface area contributed by atoms with E-state index in [9.17, 15) is 22.0 Å². The van der Waals surface area contributed by atoms with Crippen molar-refractivity contribution < 1.29 is 26.7 Å². The average Bonchev–Trinajstić information content (AvgIpc) is 3.10. The summed E-state index contributed by atoms with van der Waals surface area (Å²) in [7, 11) is -4.43. The SMILES string of the molecule is O=C(Nc1ccc(NS(=O)(=O)c2c(F)cccc2F)cc1)C1CCCO1. The minimum atomic E-state index is -4.43. The molecule has 1 unspecified atom stereocenters. The van der Waals surface area contributed by atoms with Gasteiger partial charge in [-0.2, -0.15) is 0 Å². The molecule has 1 atom stereocenters. The summed E-state index contributed by atoms with van der Waals surface area (Å²) in [5, 5.41) is 2.66. The molecule has 1 fully saturated rings. The van der Waals surface area contributed by atoms with Crippen LogP contribution in [0.4, 0.5) is 20.2 Å². The first kappa shape index (κ1) is 18.3. The van der Waals surface area contributed by atoms with Crippen molar-refractivity contribution in [2.75, 3.05) is 16.6 Å². The number of halogens is 2. The predicted molar refractivity (Wildman–Crippen MR) is 91.2 cm³/mol. The van der Waals surface area contributed by atoms with E-state index >= 15 is 0 Å². The van der Waals surface area contributed by atoms with Crippen LogP contribution in [0.3, 0.4) is 0 Å². The van der Waals surface area contributed by atoms with Crippen LogP contribution in [0, 0.1) is 11.6 Å². The van der Waals surface area contributed by atoms with Gasteiger partial charge in [0.15, 0.2) is 4.90 Å². The Labute approximate surface area is 149 Å². The molecule has 2 aromatic carbocycles. The number of nitrogens with one attached hydrogen (secondary N) is 2. The Morgan fingerprint density at radius 2 is 1.65 bits per heavy atom. The fourth-order valence-corrected chi connectivity index (χ4v) is 3.77. The highest BCUT2D eigenvalue weighted by Crippen LogP contribution is 2.23. The summed E-state index contributed by atoms with van der Waals surface area (Å²) >= 11 is 0. The molecule has 1 amide bonds. The minimum absolute atomic E-state index is 0.0998. The minimum Gasteiger partial charge on any atom is -0.368 e. The molecule has 9 heteroatoms. The fourth-order valence-electron chi connectivity index (χ4n) is 2.57. The summed E-state index contributed by atoms with van der Waals surface area (Å²) in [6.45, 7) is 0.547. The summed E-state index contributed by atoms with van der Waals surface area (Å²) in [6, 6.07) is 8.51. The van der Waals surface area contributed by atoms with E-state index in [1.165, 1.54) is 24.3 Å². The highest BCUT2D eigenvalue weighted by atomic mass is 32.2. The molecule has 0 radical (unpaired) electrons. The van der Waals surface area contributed by atoms with Crippen molar-refractivity contribution >= 4 is 27.3 Å². The van der Waals surface area contributed by atoms with E-state index in [1.54, 1.807) is 0 Å². The second-order valence-corrected chi connectivity index (χ2v) is 7.34. The smallest absolute Gasteiger partial charge is 0.267 e. The molecule has 0 aromatic heterocycles. The molecule has 0 bridgehead atoms. The lowest BCUT2D eigenvalue weighted by atomic mass is 10.2. The quantitative estimate of drug-likeness (QED) is 0.833. The fraction of sp³-hybridized carbons (Fsp3) is 0.235. The average molecular weight is 382 g/mol. The van der Waals surface area contributed by atoms with Crippen molar-refractivity contribution in [1.29, 1.82) is 0 Å². The van der Waals surface area contributed by atoms with Gasteiger partial charge in [-0.3, -0.25) is 9.52 Å². The maximum atomic E-state index is 13.7. The van der Waals surface area contributed by atoms with Crippen molar-refractivity contribution in [3.05, 3.63) is 54.1 Å². The molecule has 1 heterocycles. The van der Waals surface area contributed by atoms with E-state index in [0.29, 0.717) is 18.7 Å². The highest BCUT2D eigenvalue weighted by molar-refractivity contribution is 7.92. The zero-order chi connectivity index (χ0) is 18.7. The molecule has 1 aliphatic rings. The van der Waals surface area contributed by atoms with E-state index in [4.69, 9.17) is 4.74 Å². The van der Waals surface area contributed by atoms with Crippen LogP contribution < -0.4 is 10.0 Å². The van der Waals surface area contributed by atoms with Crippen LogP contribution in [-0.2, 0) is 19.6 Å². The van der Waals surface area contributed by atoms with E-state index < -0.39 is 32.7 Å². The largest absolute Gasteiger partial charge is 0.368 e. The Balaban J connectivity index is 1.71. The molecule has 2 aromatic rings. The second-order valence-electron chi connectivity index (χ2n) is 5.72. The molecule has 6 nitrogen and oxygen atoms in total. The summed E-state index contributed by atoms with van der Waals surface area (Å²) < 4.78 is 59.2. The maximum absolute atomic E-state index is 13.7. The highest BCUT2D eigenvalue weighted by Gasteiger charge is 2.25. The molecule has 0 saturated carbocycles. The summed E-state index contributed by atoms with van der Waals surface area (Å²) in [4.78, 5) is 10.9. The van der Waals surface area contributed by atoms with Gasteiger partial charge < -0.3 is 10.1 Å². The molecule has 1 aliphatic heterocycles. The topological polar surface area (TPSA) is 84.5 Å². The van der Waals surface area contributed by atoms with Crippen molar-refractivity contribution in [3.63, 3.8) is 0 Å². The van der Waals surface area contributed by atoms with Gasteiger partial charge >= 0.3 is 0 Å². The van der Waals surface area contributed by atoms with Crippen LogP contribution in [0.1, 0.15) is 12.8 Å². The number of carbonyl (C=O) groups excluding carboxylic acids is 1. The van der Waals surface area contributed by atoms with Gasteiger partial charge in [0.2, 0.25) is 0 Å². The van der Waals surface area contributed by atoms with Gasteiger partial charge in [-0.25, -0.2) is 17.2 Å². The van der Waals surface area contributed by atoms with Crippen LogP contribution in [0.5, 0.6) is 0 Å². The first-order valence-electron chi connectivity index (χ1n) is 7.86. The summed E-state index contributed by atoms with van der Waals surface area (Å²) in [5.74, 6) is -2.64. The molecule has 2 N–H and O–H groups in total. The third kappa shape index (κ3) is 4.00. The van der Waals surface area contributed by atoms with Gasteiger partial charge in [-0.15, -0.1) is 0 Å². The van der Waals surface area contributed by atoms with Crippen LogP contribution in [0.15, 0.2) is 47.4 Å². The van der Waals surface area contributed by atoms with Crippen LogP contribution >= 0.6 is 0 Å². The Morgan fingerprint density at radius 1 is 1.04 bits per heavy atom. The zero-order valence-corrected chi connectivity index (χ0v) is 14.4. The number of sulfonamides is 1. The first-order valence-corrected chi connectivity index (χ1v) is 9.34. The monoisotopic (exact) mass is 382 g/mol. The lowest BCUT2D eigenvalue weighted by Gasteiger charge is -2.12. The normalized spacial score (nSPS) is 17.1. The number of hydrogen-bond acceptors (Lipinski definition) is 4. The van der Waals surface area contributed by atoms with Gasteiger partial charge in [0.25, 0.3) is 15.9 Å². The lowest BCUT2D eigenvalue weighted by Crippen LogP contribution is -2.26. The van der Waals surface area contributed by atoms with Gasteiger partial charge in [0, 0.05) is 18.0 Å². The van der Waals surface area contributed by atoms with Crippen LogP contribution in [0.25, 0.3) is 0 Å². The molecule has 3 rings (SSSR count). The van der Waals surface area contributed by atoms with Crippen LogP contribution in [-0.4, -0.2) is 27.0 Å². The predicted octanol–water partition coefficient (Wildman–Crippen LogP) is 2.88. The number of amides is 1. The van der Waals surface area contributed by atoms with E-state index in [1.807, 2.05) is 0 Å².